The number of rotatable bonds is 16. The largest absolute Gasteiger partial charge is 0.454 e. The number of carbonyl (C=O) groups is 4. The fraction of sp³-hybridized carbons (Fsp3) is 0.543. The second kappa shape index (κ2) is 16.0. The number of likely N-dealkylation sites (N-methyl/N-ethyl adjacent to an activating group) is 1. The molecule has 0 radical (unpaired) electrons. The first-order chi connectivity index (χ1) is 23.1. The van der Waals surface area contributed by atoms with Gasteiger partial charge in [-0.1, -0.05) is 27.7 Å². The van der Waals surface area contributed by atoms with Crippen molar-refractivity contribution >= 4 is 23.4 Å². The number of nitrogens with one attached hydrogen (secondary N) is 2. The van der Waals surface area contributed by atoms with Crippen LogP contribution in [-0.4, -0.2) is 96.9 Å². The number of hydrogen-bond donors (Lipinski definition) is 4. The minimum Gasteiger partial charge on any atom is -0.454 e. The van der Waals surface area contributed by atoms with Gasteiger partial charge in [0.25, 0.3) is 6.29 Å². The van der Waals surface area contributed by atoms with Gasteiger partial charge in [-0.2, -0.15) is 0 Å². The van der Waals surface area contributed by atoms with Gasteiger partial charge in [-0.05, 0) is 76.1 Å². The maximum absolute atomic E-state index is 13.6. The summed E-state index contributed by atoms with van der Waals surface area (Å²) in [5.74, 6) is 0.724. The molecule has 2 aromatic rings. The minimum absolute atomic E-state index is 0.000651. The highest BCUT2D eigenvalue weighted by molar-refractivity contribution is 6.01. The van der Waals surface area contributed by atoms with Crippen molar-refractivity contribution in [3.63, 3.8) is 0 Å². The zero-order valence-corrected chi connectivity index (χ0v) is 29.5. The van der Waals surface area contributed by atoms with E-state index in [4.69, 9.17) is 30.4 Å². The third-order valence-corrected chi connectivity index (χ3v) is 9.16. The van der Waals surface area contributed by atoms with Crippen molar-refractivity contribution in [2.75, 3.05) is 27.1 Å². The lowest BCUT2D eigenvalue weighted by Gasteiger charge is -2.31. The summed E-state index contributed by atoms with van der Waals surface area (Å²) in [7, 11) is 1.75. The van der Waals surface area contributed by atoms with Gasteiger partial charge < -0.3 is 41.0 Å². The van der Waals surface area contributed by atoms with Gasteiger partial charge in [0, 0.05) is 11.1 Å². The maximum Gasteiger partial charge on any atom is 0.254 e. The van der Waals surface area contributed by atoms with Crippen molar-refractivity contribution in [2.24, 2.45) is 23.3 Å². The molecule has 4 rings (SSSR count). The van der Waals surface area contributed by atoms with Crippen LogP contribution >= 0.6 is 0 Å². The molecular weight excluding hydrogens is 632 g/mol. The Labute approximate surface area is 287 Å². The first kappa shape index (κ1) is 37.6. The van der Waals surface area contributed by atoms with Crippen molar-refractivity contribution in [3.8, 4) is 23.0 Å². The molecule has 0 aromatic heterocycles. The lowest BCUT2D eigenvalue weighted by atomic mass is 10.0. The number of benzene rings is 2. The van der Waals surface area contributed by atoms with E-state index in [1.54, 1.807) is 74.0 Å². The number of nitrogens with zero attached hydrogens (tertiary/aromatic N) is 2. The Bertz CT molecular complexity index is 1530. The number of Topliss-reactive ketones (excluding diaryl/α,β-unsaturated/α-hetero) is 2. The van der Waals surface area contributed by atoms with E-state index in [9.17, 15) is 19.2 Å². The molecule has 5 unspecified atom stereocenters. The van der Waals surface area contributed by atoms with Crippen molar-refractivity contribution in [1.82, 2.24) is 20.4 Å². The molecule has 2 aliphatic heterocycles. The van der Waals surface area contributed by atoms with E-state index in [0.29, 0.717) is 34.1 Å². The number of fused-ring (bicyclic) bond motifs is 2. The molecule has 268 valence electrons. The van der Waals surface area contributed by atoms with Crippen LogP contribution in [0.4, 0.5) is 0 Å². The third-order valence-electron chi connectivity index (χ3n) is 9.16. The van der Waals surface area contributed by atoms with Crippen LogP contribution in [0, 0.1) is 11.8 Å². The lowest BCUT2D eigenvalue weighted by molar-refractivity contribution is -0.125. The van der Waals surface area contributed by atoms with Gasteiger partial charge in [-0.15, -0.1) is 0 Å². The molecule has 0 saturated carbocycles. The molecule has 14 heteroatoms. The van der Waals surface area contributed by atoms with Crippen LogP contribution in [0.25, 0.3) is 0 Å². The van der Waals surface area contributed by atoms with Gasteiger partial charge in [-0.3, -0.25) is 29.0 Å². The highest BCUT2D eigenvalue weighted by atomic mass is 16.7. The molecule has 0 saturated heterocycles. The van der Waals surface area contributed by atoms with E-state index >= 15 is 0 Å². The summed E-state index contributed by atoms with van der Waals surface area (Å²) in [5, 5.41) is 5.71. The van der Waals surface area contributed by atoms with Gasteiger partial charge in [0.05, 0.1) is 43.5 Å². The fourth-order valence-electron chi connectivity index (χ4n) is 5.31. The zero-order valence-electron chi connectivity index (χ0n) is 29.5. The van der Waals surface area contributed by atoms with Crippen LogP contribution in [-0.2, 0) is 9.59 Å². The molecule has 2 aromatic carbocycles. The van der Waals surface area contributed by atoms with Crippen LogP contribution in [0.3, 0.4) is 0 Å². The Morgan fingerprint density at radius 3 is 1.92 bits per heavy atom. The Morgan fingerprint density at radius 2 is 1.29 bits per heavy atom. The van der Waals surface area contributed by atoms with E-state index in [0.717, 1.165) is 0 Å². The smallest absolute Gasteiger partial charge is 0.254 e. The van der Waals surface area contributed by atoms with Gasteiger partial charge >= 0.3 is 0 Å². The molecular formula is C35H50N6O8. The monoisotopic (exact) mass is 682 g/mol. The molecule has 2 heterocycles. The summed E-state index contributed by atoms with van der Waals surface area (Å²) in [4.78, 5) is 55.9. The molecule has 0 spiro atoms. The molecule has 0 fully saturated rings. The van der Waals surface area contributed by atoms with E-state index < -0.39 is 36.6 Å². The molecule has 2 amide bonds. The van der Waals surface area contributed by atoms with Crippen molar-refractivity contribution in [2.45, 2.75) is 85.1 Å². The predicted octanol–water partition coefficient (Wildman–Crippen LogP) is 2.09. The first-order valence-electron chi connectivity index (χ1n) is 16.6. The van der Waals surface area contributed by atoms with E-state index in [-0.39, 0.29) is 55.2 Å². The summed E-state index contributed by atoms with van der Waals surface area (Å²) in [6.45, 7) is 12.9. The quantitative estimate of drug-likeness (QED) is 0.149. The summed E-state index contributed by atoms with van der Waals surface area (Å²) in [6, 6.07) is 7.26. The van der Waals surface area contributed by atoms with E-state index in [1.807, 2.05) is 27.7 Å². The number of hydrogen-bond acceptors (Lipinski definition) is 12. The average Bonchev–Trinajstić information content (AvgIpc) is 3.72. The highest BCUT2D eigenvalue weighted by Gasteiger charge is 2.33. The van der Waals surface area contributed by atoms with Crippen LogP contribution in [0.15, 0.2) is 36.4 Å². The number of ketones is 2. The second-order valence-corrected chi connectivity index (χ2v) is 13.3. The summed E-state index contributed by atoms with van der Waals surface area (Å²) in [6.07, 6.45) is -1.29. The Hall–Kier alpha value is -4.24. The number of nitrogens with two attached hydrogens (primary N) is 2. The molecule has 0 aliphatic carbocycles. The standard InChI is InChI=1S/C35H50N6O8/c1-18(2)30(36)34(44)38-16-41(21(6)33(43)23-9-11-25-27(13-23)47-17-46-25)15-29-48-26-12-10-24(14-28(26)49-29)32(42)20(5)40(8)22(7)39-35(45)31(37)19(3)4/h9-14,18-22,29-31H,15-17,36-37H2,1-8H3,(H,38,44)(H,39,45)/t20?,21?,22?,29?,30-,31?/m0/s1. The van der Waals surface area contributed by atoms with Gasteiger partial charge in [-0.25, -0.2) is 0 Å². The second-order valence-electron chi connectivity index (χ2n) is 13.3. The lowest BCUT2D eigenvalue weighted by Crippen LogP contribution is -2.54. The third kappa shape index (κ3) is 8.87. The average molecular weight is 683 g/mol. The van der Waals surface area contributed by atoms with Gasteiger partial charge in [0.15, 0.2) is 34.6 Å². The Kier molecular flexibility index (Phi) is 12.3. The minimum atomic E-state index is -0.844. The summed E-state index contributed by atoms with van der Waals surface area (Å²) >= 11 is 0. The molecule has 2 aliphatic rings. The van der Waals surface area contributed by atoms with Crippen LogP contribution in [0.5, 0.6) is 23.0 Å². The maximum atomic E-state index is 13.6. The Morgan fingerprint density at radius 1 is 0.755 bits per heavy atom. The van der Waals surface area contributed by atoms with Crippen LogP contribution < -0.4 is 41.0 Å². The first-order valence-corrected chi connectivity index (χ1v) is 16.6. The number of amides is 2. The SMILES string of the molecule is CC(C)C(N)C(=O)NC(C)N(C)C(C)C(=O)c1ccc2c(c1)OC(CN(CNC(=O)[C@@H](N)C(C)C)C(C)C(=O)c1ccc3c(c1)OCO3)O2. The normalized spacial score (nSPS) is 18.0. The number of ether oxygens (including phenoxy) is 4. The summed E-state index contributed by atoms with van der Waals surface area (Å²) < 4.78 is 23.0. The number of carbonyl (C=O) groups excluding carboxylic acids is 4. The molecule has 14 nitrogen and oxygen atoms in total. The van der Waals surface area contributed by atoms with Gasteiger partial charge in [0.2, 0.25) is 18.6 Å². The van der Waals surface area contributed by atoms with Crippen molar-refractivity contribution in [1.29, 1.82) is 0 Å². The summed E-state index contributed by atoms with van der Waals surface area (Å²) in [5.41, 5.74) is 12.9. The zero-order chi connectivity index (χ0) is 36.2. The van der Waals surface area contributed by atoms with E-state index in [1.165, 1.54) is 0 Å². The predicted molar refractivity (Wildman–Crippen MR) is 182 cm³/mol. The molecule has 6 N–H and O–H groups in total. The van der Waals surface area contributed by atoms with Gasteiger partial charge in [0.1, 0.15) is 0 Å². The van der Waals surface area contributed by atoms with Crippen LogP contribution in [0.1, 0.15) is 69.2 Å². The highest BCUT2D eigenvalue weighted by Crippen LogP contribution is 2.37. The molecule has 0 bridgehead atoms. The topological polar surface area (TPSA) is 188 Å². The van der Waals surface area contributed by atoms with Crippen molar-refractivity contribution in [3.05, 3.63) is 47.5 Å². The van der Waals surface area contributed by atoms with Crippen molar-refractivity contribution < 1.29 is 38.1 Å². The fourth-order valence-corrected chi connectivity index (χ4v) is 5.31. The Balaban J connectivity index is 1.45. The van der Waals surface area contributed by atoms with E-state index in [2.05, 4.69) is 10.6 Å². The molecule has 6 atom stereocenters. The molecule has 49 heavy (non-hydrogen) atoms. The van der Waals surface area contributed by atoms with Crippen LogP contribution in [0.2, 0.25) is 0 Å².